The van der Waals surface area contributed by atoms with Gasteiger partial charge in [0.1, 0.15) is 18.0 Å². The molecule has 82 valence electrons. The Morgan fingerprint density at radius 3 is 2.73 bits per heavy atom. The number of thioether (sulfide) groups is 1. The number of hydrogen-bond donors (Lipinski definition) is 2. The summed E-state index contributed by atoms with van der Waals surface area (Å²) in [5.74, 6) is 4.28. The van der Waals surface area contributed by atoms with Crippen molar-refractivity contribution in [1.82, 2.24) is 9.97 Å². The van der Waals surface area contributed by atoms with Crippen LogP contribution in [0.5, 0.6) is 0 Å². The van der Waals surface area contributed by atoms with E-state index in [2.05, 4.69) is 20.6 Å². The summed E-state index contributed by atoms with van der Waals surface area (Å²) in [5.41, 5.74) is 0. The molecule has 15 heavy (non-hydrogen) atoms. The van der Waals surface area contributed by atoms with Crippen molar-refractivity contribution >= 4 is 23.4 Å². The first-order chi connectivity index (χ1) is 7.38. The van der Waals surface area contributed by atoms with Gasteiger partial charge in [0.05, 0.1) is 0 Å². The van der Waals surface area contributed by atoms with Gasteiger partial charge >= 0.3 is 0 Å². The van der Waals surface area contributed by atoms with Gasteiger partial charge in [-0.2, -0.15) is 11.8 Å². The molecule has 1 aliphatic heterocycles. The fraction of sp³-hybridized carbons (Fsp3) is 0.600. The normalized spacial score (nSPS) is 17.4. The Kier molecular flexibility index (Phi) is 3.66. The molecular weight excluding hydrogens is 208 g/mol. The molecule has 0 unspecified atom stereocenters. The van der Waals surface area contributed by atoms with Crippen molar-refractivity contribution in [2.75, 3.05) is 29.2 Å². The monoisotopic (exact) mass is 224 g/mol. The molecule has 0 saturated carbocycles. The lowest BCUT2D eigenvalue weighted by atomic mass is 10.1. The summed E-state index contributed by atoms with van der Waals surface area (Å²) in [7, 11) is 1.86. The van der Waals surface area contributed by atoms with E-state index in [4.69, 9.17) is 0 Å². The highest BCUT2D eigenvalue weighted by Gasteiger charge is 2.13. The van der Waals surface area contributed by atoms with E-state index in [1.807, 2.05) is 24.9 Å². The highest BCUT2D eigenvalue weighted by Crippen LogP contribution is 2.20. The van der Waals surface area contributed by atoms with Gasteiger partial charge in [0.15, 0.2) is 0 Å². The van der Waals surface area contributed by atoms with Crippen LogP contribution in [0.25, 0.3) is 0 Å². The molecule has 4 nitrogen and oxygen atoms in total. The second-order valence-corrected chi connectivity index (χ2v) is 4.79. The fourth-order valence-electron chi connectivity index (χ4n) is 1.62. The van der Waals surface area contributed by atoms with Crippen LogP contribution in [0.4, 0.5) is 11.6 Å². The van der Waals surface area contributed by atoms with Crippen LogP contribution in [0.2, 0.25) is 0 Å². The number of nitrogens with one attached hydrogen (secondary N) is 2. The third kappa shape index (κ3) is 2.99. The summed E-state index contributed by atoms with van der Waals surface area (Å²) < 4.78 is 0. The van der Waals surface area contributed by atoms with E-state index in [9.17, 15) is 0 Å². The van der Waals surface area contributed by atoms with Crippen LogP contribution in [0.3, 0.4) is 0 Å². The number of aromatic nitrogens is 2. The minimum Gasteiger partial charge on any atom is -0.373 e. The molecule has 0 atom stereocenters. The van der Waals surface area contributed by atoms with Gasteiger partial charge in [-0.05, 0) is 24.3 Å². The largest absolute Gasteiger partial charge is 0.373 e. The van der Waals surface area contributed by atoms with Crippen LogP contribution in [-0.4, -0.2) is 34.6 Å². The van der Waals surface area contributed by atoms with Crippen molar-refractivity contribution in [1.29, 1.82) is 0 Å². The van der Waals surface area contributed by atoms with Crippen LogP contribution in [0.1, 0.15) is 12.8 Å². The minimum absolute atomic E-state index is 0.575. The maximum Gasteiger partial charge on any atom is 0.131 e. The fourth-order valence-corrected chi connectivity index (χ4v) is 2.73. The lowest BCUT2D eigenvalue weighted by Crippen LogP contribution is -2.25. The predicted octanol–water partition coefficient (Wildman–Crippen LogP) is 1.83. The molecule has 0 radical (unpaired) electrons. The molecule has 2 heterocycles. The van der Waals surface area contributed by atoms with Crippen LogP contribution >= 0.6 is 11.8 Å². The number of rotatable bonds is 3. The Labute approximate surface area is 94.3 Å². The first-order valence-corrected chi connectivity index (χ1v) is 6.38. The first kappa shape index (κ1) is 10.5. The molecule has 5 heteroatoms. The van der Waals surface area contributed by atoms with Gasteiger partial charge in [0.25, 0.3) is 0 Å². The standard InChI is InChI=1S/C10H16N4S/c1-11-9-6-10(13-7-12-9)14-8-2-4-15-5-3-8/h6-8H,2-5H2,1H3,(H2,11,12,13,14). The summed E-state index contributed by atoms with van der Waals surface area (Å²) >= 11 is 2.03. The first-order valence-electron chi connectivity index (χ1n) is 5.22. The van der Waals surface area contributed by atoms with E-state index in [-0.39, 0.29) is 0 Å². The van der Waals surface area contributed by atoms with Gasteiger partial charge in [-0.25, -0.2) is 9.97 Å². The molecule has 2 N–H and O–H groups in total. The van der Waals surface area contributed by atoms with Crippen molar-refractivity contribution in [2.24, 2.45) is 0 Å². The second-order valence-electron chi connectivity index (χ2n) is 3.57. The number of nitrogens with zero attached hydrogens (tertiary/aromatic N) is 2. The number of hydrogen-bond acceptors (Lipinski definition) is 5. The summed E-state index contributed by atoms with van der Waals surface area (Å²) in [6.45, 7) is 0. The third-order valence-corrected chi connectivity index (χ3v) is 3.55. The summed E-state index contributed by atoms with van der Waals surface area (Å²) in [6, 6.07) is 2.52. The zero-order valence-corrected chi connectivity index (χ0v) is 9.68. The van der Waals surface area contributed by atoms with E-state index in [1.54, 1.807) is 6.33 Å². The van der Waals surface area contributed by atoms with Gasteiger partial charge < -0.3 is 10.6 Å². The second kappa shape index (κ2) is 5.21. The Morgan fingerprint density at radius 1 is 1.27 bits per heavy atom. The molecule has 0 spiro atoms. The van der Waals surface area contributed by atoms with Crippen molar-refractivity contribution in [2.45, 2.75) is 18.9 Å². The van der Waals surface area contributed by atoms with Gasteiger partial charge in [-0.3, -0.25) is 0 Å². The topological polar surface area (TPSA) is 49.8 Å². The molecule has 0 bridgehead atoms. The summed E-state index contributed by atoms with van der Waals surface area (Å²) in [4.78, 5) is 8.30. The molecule has 1 saturated heterocycles. The Morgan fingerprint density at radius 2 is 2.00 bits per heavy atom. The van der Waals surface area contributed by atoms with Gasteiger partial charge in [0, 0.05) is 19.2 Å². The lowest BCUT2D eigenvalue weighted by Gasteiger charge is -2.22. The van der Waals surface area contributed by atoms with E-state index >= 15 is 0 Å². The van der Waals surface area contributed by atoms with E-state index in [1.165, 1.54) is 24.3 Å². The highest BCUT2D eigenvalue weighted by atomic mass is 32.2. The van der Waals surface area contributed by atoms with E-state index in [0.29, 0.717) is 6.04 Å². The van der Waals surface area contributed by atoms with Crippen molar-refractivity contribution in [3.05, 3.63) is 12.4 Å². The van der Waals surface area contributed by atoms with E-state index in [0.717, 1.165) is 11.6 Å². The van der Waals surface area contributed by atoms with Gasteiger partial charge in [-0.1, -0.05) is 0 Å². The Balaban J connectivity index is 1.96. The predicted molar refractivity (Wildman–Crippen MR) is 65.5 cm³/mol. The molecule has 1 fully saturated rings. The molecular formula is C10H16N4S. The van der Waals surface area contributed by atoms with Gasteiger partial charge in [-0.15, -0.1) is 0 Å². The average Bonchev–Trinajstić information content (AvgIpc) is 2.31. The lowest BCUT2D eigenvalue weighted by molar-refractivity contribution is 0.663. The average molecular weight is 224 g/mol. The molecule has 0 amide bonds. The Bertz CT molecular complexity index is 312. The van der Waals surface area contributed by atoms with E-state index < -0.39 is 0 Å². The quantitative estimate of drug-likeness (QED) is 0.820. The van der Waals surface area contributed by atoms with Crippen molar-refractivity contribution in [3.63, 3.8) is 0 Å². The molecule has 1 aliphatic rings. The van der Waals surface area contributed by atoms with Crippen LogP contribution in [0, 0.1) is 0 Å². The van der Waals surface area contributed by atoms with Crippen LogP contribution < -0.4 is 10.6 Å². The Hall–Kier alpha value is -0.970. The van der Waals surface area contributed by atoms with Gasteiger partial charge in [0.2, 0.25) is 0 Å². The van der Waals surface area contributed by atoms with Crippen molar-refractivity contribution < 1.29 is 0 Å². The van der Waals surface area contributed by atoms with Crippen LogP contribution in [-0.2, 0) is 0 Å². The van der Waals surface area contributed by atoms with Crippen molar-refractivity contribution in [3.8, 4) is 0 Å². The molecule has 2 rings (SSSR count). The molecule has 1 aromatic heterocycles. The van der Waals surface area contributed by atoms with Crippen LogP contribution in [0.15, 0.2) is 12.4 Å². The SMILES string of the molecule is CNc1cc(NC2CCSCC2)ncn1. The highest BCUT2D eigenvalue weighted by molar-refractivity contribution is 7.99. The zero-order valence-electron chi connectivity index (χ0n) is 8.86. The molecule has 0 aromatic carbocycles. The number of anilines is 2. The zero-order chi connectivity index (χ0) is 10.5. The summed E-state index contributed by atoms with van der Waals surface area (Å²) in [5, 5.41) is 6.46. The molecule has 1 aromatic rings. The third-order valence-electron chi connectivity index (χ3n) is 2.50. The molecule has 0 aliphatic carbocycles. The maximum absolute atomic E-state index is 4.21. The summed E-state index contributed by atoms with van der Waals surface area (Å²) in [6.07, 6.45) is 4.04. The maximum atomic E-state index is 4.21. The smallest absolute Gasteiger partial charge is 0.131 e. The minimum atomic E-state index is 0.575.